The van der Waals surface area contributed by atoms with Crippen molar-refractivity contribution in [1.29, 1.82) is 0 Å². The normalized spacial score (nSPS) is 13.0. The van der Waals surface area contributed by atoms with Gasteiger partial charge in [0.1, 0.15) is 5.82 Å². The van der Waals surface area contributed by atoms with Crippen molar-refractivity contribution in [3.05, 3.63) is 92.6 Å². The van der Waals surface area contributed by atoms with Gasteiger partial charge in [0, 0.05) is 38.8 Å². The number of rotatable bonds is 1. The van der Waals surface area contributed by atoms with Gasteiger partial charge in [-0.25, -0.2) is 0 Å². The molecule has 0 bridgehead atoms. The van der Waals surface area contributed by atoms with Crippen LogP contribution < -0.4 is 10.0 Å². The molecule has 6 heteroatoms. The van der Waals surface area contributed by atoms with E-state index in [1.165, 1.54) is 11.1 Å². The SMILES string of the molecule is [CH3-].[Ir+3].[Y].[c-]1cccc2c1N1[CH-]C(c3ccccc3)=CN1c1ccnn1-2. The topological polar surface area (TPSA) is 24.3 Å². The third kappa shape index (κ3) is 3.11. The Morgan fingerprint density at radius 1 is 1.00 bits per heavy atom. The third-order valence-corrected chi connectivity index (χ3v) is 3.99. The molecule has 0 saturated carbocycles. The molecule has 4 nitrogen and oxygen atoms in total. The minimum Gasteiger partial charge on any atom is -0.358 e. The van der Waals surface area contributed by atoms with Gasteiger partial charge in [-0.3, -0.25) is 4.68 Å². The van der Waals surface area contributed by atoms with E-state index in [1.807, 2.05) is 35.1 Å². The Bertz CT molecular complexity index is 891. The number of hydrazine groups is 1. The number of anilines is 2. The zero-order valence-electron chi connectivity index (χ0n) is 13.6. The quantitative estimate of drug-likeness (QED) is 0.409. The van der Waals surface area contributed by atoms with Crippen LogP contribution in [0.1, 0.15) is 5.56 Å². The maximum absolute atomic E-state index is 4.44. The molecule has 25 heavy (non-hydrogen) atoms. The van der Waals surface area contributed by atoms with E-state index < -0.39 is 0 Å². The molecule has 0 amide bonds. The number of hydrogen-bond acceptors (Lipinski definition) is 3. The van der Waals surface area contributed by atoms with E-state index in [0.29, 0.717) is 0 Å². The van der Waals surface area contributed by atoms with Crippen LogP contribution in [0.4, 0.5) is 11.5 Å². The summed E-state index contributed by atoms with van der Waals surface area (Å²) < 4.78 is 1.95. The Morgan fingerprint density at radius 2 is 1.80 bits per heavy atom. The van der Waals surface area contributed by atoms with Crippen molar-refractivity contribution in [2.75, 3.05) is 10.0 Å². The van der Waals surface area contributed by atoms with Crippen LogP contribution in [-0.2, 0) is 52.8 Å². The zero-order chi connectivity index (χ0) is 14.5. The van der Waals surface area contributed by atoms with Crippen LogP contribution >= 0.6 is 0 Å². The van der Waals surface area contributed by atoms with Gasteiger partial charge in [-0.2, -0.15) is 23.3 Å². The van der Waals surface area contributed by atoms with Crippen molar-refractivity contribution in [3.63, 3.8) is 0 Å². The van der Waals surface area contributed by atoms with Crippen LogP contribution in [0.5, 0.6) is 0 Å². The third-order valence-electron chi connectivity index (χ3n) is 3.99. The van der Waals surface area contributed by atoms with E-state index in [0.717, 1.165) is 17.2 Å². The summed E-state index contributed by atoms with van der Waals surface area (Å²) in [4.78, 5) is 0. The first-order valence-corrected chi connectivity index (χ1v) is 7.17. The van der Waals surface area contributed by atoms with Crippen molar-refractivity contribution in [2.24, 2.45) is 0 Å². The van der Waals surface area contributed by atoms with E-state index in [1.54, 1.807) is 0 Å². The minimum atomic E-state index is 0. The van der Waals surface area contributed by atoms with Gasteiger partial charge in [-0.05, 0) is 11.4 Å². The summed E-state index contributed by atoms with van der Waals surface area (Å²) in [6.07, 6.45) is 3.95. The Kier molecular flexibility index (Phi) is 6.28. The van der Waals surface area contributed by atoms with Gasteiger partial charge in [-0.15, -0.1) is 29.3 Å². The first kappa shape index (κ1) is 19.9. The molecule has 0 saturated heterocycles. The second kappa shape index (κ2) is 7.88. The molecule has 123 valence electrons. The van der Waals surface area contributed by atoms with Gasteiger partial charge in [-0.1, -0.05) is 30.9 Å². The predicted molar refractivity (Wildman–Crippen MR) is 92.5 cm³/mol. The number of para-hydroxylation sites is 1. The summed E-state index contributed by atoms with van der Waals surface area (Å²) in [5.74, 6) is 1.02. The Labute approximate surface area is 186 Å². The van der Waals surface area contributed by atoms with E-state index in [9.17, 15) is 0 Å². The molecular weight excluding hydrogens is 565 g/mol. The molecule has 3 heterocycles. The molecule has 5 rings (SSSR count). The fraction of sp³-hybridized carbons (Fsp3) is 0. The second-order valence-corrected chi connectivity index (χ2v) is 5.27. The maximum atomic E-state index is 4.44. The number of benzene rings is 2. The fourth-order valence-corrected chi connectivity index (χ4v) is 2.98. The number of aromatic nitrogens is 2. The summed E-state index contributed by atoms with van der Waals surface area (Å²) in [5.41, 5.74) is 4.40. The van der Waals surface area contributed by atoms with Crippen LogP contribution in [0.3, 0.4) is 0 Å². The van der Waals surface area contributed by atoms with Gasteiger partial charge >= 0.3 is 20.1 Å². The van der Waals surface area contributed by atoms with Crippen molar-refractivity contribution < 1.29 is 52.8 Å². The first-order valence-electron chi connectivity index (χ1n) is 7.17. The number of nitrogens with zero attached hydrogens (tertiary/aromatic N) is 4. The predicted octanol–water partition coefficient (Wildman–Crippen LogP) is 3.88. The van der Waals surface area contributed by atoms with E-state index in [4.69, 9.17) is 0 Å². The van der Waals surface area contributed by atoms with Gasteiger partial charge in [0.15, 0.2) is 0 Å². The molecule has 3 aromatic rings. The number of fused-ring (bicyclic) bond motifs is 6. The Balaban J connectivity index is 0.000000751. The molecular formula is C19H15IrN4Y. The summed E-state index contributed by atoms with van der Waals surface area (Å²) in [6, 6.07) is 21.7. The maximum Gasteiger partial charge on any atom is 3.00 e. The average Bonchev–Trinajstić information content (AvgIpc) is 3.23. The smallest absolute Gasteiger partial charge is 0.358 e. The number of hydrogen-bond donors (Lipinski definition) is 0. The standard InChI is InChI=1S/C18H12N4.CH3.Ir.Y/c1-2-6-14(7-3-1)15-12-20-16-8-4-5-9-17(16)22-18(10-11-19-22)21(20)13-15;;;/h1-7,9-13H;1H3;;/q-2;-1;+3;. The molecule has 1 radical (unpaired) electrons. The summed E-state index contributed by atoms with van der Waals surface area (Å²) in [6.45, 7) is 2.14. The minimum absolute atomic E-state index is 0. The molecule has 0 N–H and O–H groups in total. The fourth-order valence-electron chi connectivity index (χ4n) is 2.98. The van der Waals surface area contributed by atoms with Gasteiger partial charge in [0.05, 0.1) is 6.20 Å². The van der Waals surface area contributed by atoms with Crippen LogP contribution in [0.15, 0.2) is 67.0 Å². The molecule has 0 spiro atoms. The molecule has 0 aliphatic carbocycles. The van der Waals surface area contributed by atoms with Crippen molar-refractivity contribution in [2.45, 2.75) is 0 Å². The van der Waals surface area contributed by atoms with Crippen LogP contribution in [-0.4, -0.2) is 9.78 Å². The summed E-state index contributed by atoms with van der Waals surface area (Å²) >= 11 is 0. The van der Waals surface area contributed by atoms with Gasteiger partial charge < -0.3 is 17.4 Å². The van der Waals surface area contributed by atoms with Crippen LogP contribution in [0.25, 0.3) is 11.3 Å². The van der Waals surface area contributed by atoms with E-state index in [-0.39, 0.29) is 60.2 Å². The molecule has 2 aromatic carbocycles. The molecule has 0 unspecified atom stereocenters. The Morgan fingerprint density at radius 3 is 2.60 bits per heavy atom. The molecule has 0 atom stereocenters. The van der Waals surface area contributed by atoms with Gasteiger partial charge in [0.2, 0.25) is 0 Å². The second-order valence-electron chi connectivity index (χ2n) is 5.27. The molecule has 2 aliphatic heterocycles. The molecule has 2 aliphatic rings. The van der Waals surface area contributed by atoms with Crippen molar-refractivity contribution in [1.82, 2.24) is 9.78 Å². The van der Waals surface area contributed by atoms with Crippen molar-refractivity contribution in [3.8, 4) is 5.69 Å². The zero-order valence-corrected chi connectivity index (χ0v) is 18.9. The molecule has 0 fully saturated rings. The largest absolute Gasteiger partial charge is 3.00 e. The molecule has 1 aromatic heterocycles. The van der Waals surface area contributed by atoms with E-state index >= 15 is 0 Å². The first-order chi connectivity index (χ1) is 10.9. The summed E-state index contributed by atoms with van der Waals surface area (Å²) in [7, 11) is 0. The van der Waals surface area contributed by atoms with Crippen LogP contribution in [0.2, 0.25) is 0 Å². The average molecular weight is 580 g/mol. The van der Waals surface area contributed by atoms with Crippen molar-refractivity contribution >= 4 is 17.1 Å². The summed E-state index contributed by atoms with van der Waals surface area (Å²) in [5, 5.41) is 8.67. The van der Waals surface area contributed by atoms with E-state index in [2.05, 4.69) is 64.3 Å². The monoisotopic (exact) mass is 581 g/mol. The Hall–Kier alpha value is -1.39. The van der Waals surface area contributed by atoms with Gasteiger partial charge in [0.25, 0.3) is 0 Å². The van der Waals surface area contributed by atoms with Crippen LogP contribution in [0, 0.1) is 20.0 Å².